The molecule has 0 radical (unpaired) electrons. The highest BCUT2D eigenvalue weighted by Gasteiger charge is 2.57. The van der Waals surface area contributed by atoms with Crippen LogP contribution in [0.2, 0.25) is 0 Å². The van der Waals surface area contributed by atoms with Crippen LogP contribution in [0.3, 0.4) is 0 Å². The molecule has 8 nitrogen and oxygen atoms in total. The second kappa shape index (κ2) is 13.1. The van der Waals surface area contributed by atoms with Crippen molar-refractivity contribution in [2.75, 3.05) is 16.8 Å². The van der Waals surface area contributed by atoms with E-state index >= 15 is 8.78 Å². The summed E-state index contributed by atoms with van der Waals surface area (Å²) < 4.78 is 73.7. The van der Waals surface area contributed by atoms with E-state index in [1.165, 1.54) is 28.0 Å². The molecular formula is C32H36F5N5O3. The minimum atomic E-state index is -4.81. The summed E-state index contributed by atoms with van der Waals surface area (Å²) in [5.41, 5.74) is 1.02. The smallest absolute Gasteiger partial charge is 0.319 e. The summed E-state index contributed by atoms with van der Waals surface area (Å²) in [5, 5.41) is 6.89. The van der Waals surface area contributed by atoms with E-state index in [4.69, 9.17) is 0 Å². The Kier molecular flexibility index (Phi) is 9.81. The zero-order valence-electron chi connectivity index (χ0n) is 25.8. The van der Waals surface area contributed by atoms with Crippen LogP contribution in [0.4, 0.5) is 33.3 Å². The van der Waals surface area contributed by atoms with E-state index in [9.17, 15) is 22.8 Å². The number of hydrogen-bond acceptors (Lipinski definition) is 5. The first kappa shape index (κ1) is 33.8. The third kappa shape index (κ3) is 6.63. The monoisotopic (exact) mass is 633 g/mol. The molecule has 45 heavy (non-hydrogen) atoms. The predicted octanol–water partition coefficient (Wildman–Crippen LogP) is 7.31. The van der Waals surface area contributed by atoms with Crippen LogP contribution >= 0.6 is 0 Å². The molecular weight excluding hydrogens is 597 g/mol. The van der Waals surface area contributed by atoms with Crippen molar-refractivity contribution in [1.82, 2.24) is 14.8 Å². The molecule has 2 aromatic heterocycles. The Bertz CT molecular complexity index is 1610. The molecule has 1 atom stereocenters. The summed E-state index contributed by atoms with van der Waals surface area (Å²) in [4.78, 5) is 31.6. The van der Waals surface area contributed by atoms with Gasteiger partial charge in [0.2, 0.25) is 11.8 Å². The molecule has 1 spiro atoms. The first-order chi connectivity index (χ1) is 21.3. The van der Waals surface area contributed by atoms with Gasteiger partial charge in [-0.1, -0.05) is 34.3 Å². The highest BCUT2D eigenvalue weighted by Crippen LogP contribution is 2.55. The summed E-state index contributed by atoms with van der Waals surface area (Å²) in [6.07, 6.45) is 0.595. The molecule has 2 aliphatic rings. The summed E-state index contributed by atoms with van der Waals surface area (Å²) in [6.45, 7) is 11.6. The maximum atomic E-state index is 15.8. The van der Waals surface area contributed by atoms with Gasteiger partial charge in [-0.15, -0.1) is 13.2 Å². The fourth-order valence-corrected chi connectivity index (χ4v) is 5.44. The number of nitrogens with zero attached hydrogens (tertiary/aromatic N) is 4. The minimum Gasteiger partial charge on any atom is -0.319 e. The third-order valence-corrected chi connectivity index (χ3v) is 8.07. The normalized spacial score (nSPS) is 15.7. The number of carbonyl (C=O) groups is 2. The van der Waals surface area contributed by atoms with E-state index < -0.39 is 41.8 Å². The average molecular weight is 634 g/mol. The lowest BCUT2D eigenvalue weighted by Gasteiger charge is -2.35. The topological polar surface area (TPSA) is 89.3 Å². The zero-order valence-corrected chi connectivity index (χ0v) is 25.8. The van der Waals surface area contributed by atoms with Gasteiger partial charge in [0.15, 0.2) is 11.6 Å². The van der Waals surface area contributed by atoms with Gasteiger partial charge < -0.3 is 10.2 Å². The quantitative estimate of drug-likeness (QED) is 0.197. The molecule has 3 aromatic rings. The van der Waals surface area contributed by atoms with E-state index in [2.05, 4.69) is 26.7 Å². The Morgan fingerprint density at radius 3 is 2.51 bits per heavy atom. The molecule has 1 aliphatic carbocycles. The molecule has 0 saturated heterocycles. The molecule has 1 unspecified atom stereocenters. The van der Waals surface area contributed by atoms with Crippen molar-refractivity contribution in [1.29, 1.82) is 0 Å². The molecule has 0 bridgehead atoms. The van der Waals surface area contributed by atoms with Crippen molar-refractivity contribution in [3.63, 3.8) is 0 Å². The van der Waals surface area contributed by atoms with Gasteiger partial charge in [0, 0.05) is 12.4 Å². The second-order valence-electron chi connectivity index (χ2n) is 10.9. The maximum Gasteiger partial charge on any atom is 0.522 e. The molecule has 13 heteroatoms. The van der Waals surface area contributed by atoms with Crippen LogP contribution in [0.15, 0.2) is 37.2 Å². The molecule has 1 aromatic carbocycles. The van der Waals surface area contributed by atoms with Crippen LogP contribution in [0.25, 0.3) is 11.4 Å². The summed E-state index contributed by atoms with van der Waals surface area (Å²) in [7, 11) is 0. The van der Waals surface area contributed by atoms with Gasteiger partial charge in [-0.05, 0) is 72.6 Å². The molecule has 1 N–H and O–H groups in total. The van der Waals surface area contributed by atoms with Gasteiger partial charge in [0.25, 0.3) is 0 Å². The third-order valence-electron chi connectivity index (χ3n) is 8.07. The second-order valence-corrected chi connectivity index (χ2v) is 10.9. The fourth-order valence-electron chi connectivity index (χ4n) is 5.44. The average Bonchev–Trinajstić information content (AvgIpc) is 3.71. The highest BCUT2D eigenvalue weighted by atomic mass is 19.4. The van der Waals surface area contributed by atoms with Crippen molar-refractivity contribution in [2.24, 2.45) is 0 Å². The van der Waals surface area contributed by atoms with E-state index in [1.54, 1.807) is 13.0 Å². The van der Waals surface area contributed by atoms with Crippen molar-refractivity contribution in [2.45, 2.75) is 84.7 Å². The Morgan fingerprint density at radius 2 is 1.91 bits per heavy atom. The number of pyridine rings is 1. The lowest BCUT2D eigenvalue weighted by molar-refractivity contribution is -0.325. The van der Waals surface area contributed by atoms with Gasteiger partial charge in [0.05, 0.1) is 36.5 Å². The largest absolute Gasteiger partial charge is 0.522 e. The van der Waals surface area contributed by atoms with Gasteiger partial charge >= 0.3 is 6.36 Å². The number of aromatic nitrogens is 3. The van der Waals surface area contributed by atoms with Gasteiger partial charge in [-0.3, -0.25) is 24.0 Å². The molecule has 1 saturated carbocycles. The van der Waals surface area contributed by atoms with Crippen molar-refractivity contribution in [3.05, 3.63) is 71.1 Å². The van der Waals surface area contributed by atoms with Crippen molar-refractivity contribution >= 4 is 23.2 Å². The predicted molar refractivity (Wildman–Crippen MR) is 160 cm³/mol. The lowest BCUT2D eigenvalue weighted by Crippen LogP contribution is -2.45. The number of fused-ring (bicyclic) bond motifs is 2. The van der Waals surface area contributed by atoms with Gasteiger partial charge in [0.1, 0.15) is 11.4 Å². The fraction of sp³-hybridized carbons (Fsp3) is 0.438. The van der Waals surface area contributed by atoms with Gasteiger partial charge in [-0.25, -0.2) is 8.78 Å². The summed E-state index contributed by atoms with van der Waals surface area (Å²) in [6, 6.07) is 3.14. The number of halogens is 5. The van der Waals surface area contributed by atoms with Crippen LogP contribution < -0.4 is 10.2 Å². The number of hydrogen-bond donors (Lipinski definition) is 1. The number of anilines is 2. The molecule has 1 fully saturated rings. The van der Waals surface area contributed by atoms with Crippen LogP contribution in [0, 0.1) is 18.6 Å². The number of benzene rings is 1. The maximum absolute atomic E-state index is 15.8. The first-order valence-corrected chi connectivity index (χ1v) is 14.8. The van der Waals surface area contributed by atoms with E-state index in [1.807, 2.05) is 27.7 Å². The number of aryl methyl sites for hydroxylation is 1. The minimum absolute atomic E-state index is 0.107. The van der Waals surface area contributed by atoms with Crippen LogP contribution in [0.1, 0.15) is 75.1 Å². The molecule has 242 valence electrons. The molecule has 5 rings (SSSR count). The van der Waals surface area contributed by atoms with Crippen LogP contribution in [-0.4, -0.2) is 39.5 Å². The van der Waals surface area contributed by atoms with Crippen LogP contribution in [-0.2, 0) is 32.8 Å². The number of amides is 2. The van der Waals surface area contributed by atoms with Crippen molar-refractivity contribution < 1.29 is 36.3 Å². The van der Waals surface area contributed by atoms with Gasteiger partial charge in [-0.2, -0.15) is 5.10 Å². The Balaban J connectivity index is 0.00000226. The first-order valence-electron chi connectivity index (χ1n) is 14.8. The SMILES string of the molecule is C=CC(=O)Nc1cn(CCOC(F)(F)F)nc1-c1cc2c(cn1)CN(c1c(F)c(C)cc(C(C)CC)c1F)C(=O)C21CC1.CC. The Hall–Kier alpha value is -4.13. The zero-order chi connectivity index (χ0) is 33.3. The van der Waals surface area contributed by atoms with E-state index in [0.717, 1.165) is 6.08 Å². The highest BCUT2D eigenvalue weighted by molar-refractivity contribution is 6.06. The lowest BCUT2D eigenvalue weighted by atomic mass is 9.85. The van der Waals surface area contributed by atoms with E-state index in [0.29, 0.717) is 36.0 Å². The number of carbonyl (C=O) groups excluding carboxylic acids is 2. The Morgan fingerprint density at radius 1 is 1.22 bits per heavy atom. The van der Waals surface area contributed by atoms with E-state index in [-0.39, 0.29) is 47.3 Å². The molecule has 3 heterocycles. The number of rotatable bonds is 9. The van der Waals surface area contributed by atoms with Crippen molar-refractivity contribution in [3.8, 4) is 11.4 Å². The number of alkyl halides is 3. The standard InChI is InChI=1S/C30H30F5N5O3.C2H6/c1-5-16(3)19-11-17(4)24(31)27(25(19)32)40-14-18-13-36-21(12-20(18)29(7-8-29)28(40)42)26-22(37-23(41)6-2)15-39(38-26)9-10-43-30(33,34)35;1-2/h6,11-13,15-16H,2,5,7-10,14H2,1,3-4H3,(H,37,41);1-2H3. The molecule has 1 aliphatic heterocycles. The van der Waals surface area contributed by atoms with Crippen LogP contribution in [0.5, 0.6) is 0 Å². The Labute approximate surface area is 258 Å². The number of ether oxygens (including phenoxy) is 1. The molecule has 2 amide bonds. The number of nitrogens with one attached hydrogen (secondary N) is 1. The summed E-state index contributed by atoms with van der Waals surface area (Å²) in [5.74, 6) is -2.72. The summed E-state index contributed by atoms with van der Waals surface area (Å²) >= 11 is 0.